The fourth-order valence-corrected chi connectivity index (χ4v) is 3.90. The van der Waals surface area contributed by atoms with Gasteiger partial charge in [0.25, 0.3) is 0 Å². The maximum Gasteiger partial charge on any atom is 0.335 e. The molecule has 7 heteroatoms. The number of likely N-dealkylation sites (N-methyl/N-ethyl adjacent to an activating group) is 1. The van der Waals surface area contributed by atoms with Gasteiger partial charge in [0.1, 0.15) is 12.5 Å². The molecule has 0 bridgehead atoms. The summed E-state index contributed by atoms with van der Waals surface area (Å²) in [5.41, 5.74) is 2.24. The quantitative estimate of drug-likeness (QED) is 0.598. The minimum Gasteiger partial charge on any atom is -0.495 e. The molecule has 30 heavy (non-hydrogen) atoms. The van der Waals surface area contributed by atoms with Crippen molar-refractivity contribution in [3.8, 4) is 5.75 Å². The van der Waals surface area contributed by atoms with Crippen LogP contribution in [0.4, 0.5) is 5.69 Å². The molecule has 2 atom stereocenters. The lowest BCUT2D eigenvalue weighted by Crippen LogP contribution is -2.36. The Morgan fingerprint density at radius 1 is 1.23 bits per heavy atom. The van der Waals surface area contributed by atoms with Gasteiger partial charge in [-0.1, -0.05) is 30.3 Å². The van der Waals surface area contributed by atoms with Gasteiger partial charge in [-0.3, -0.25) is 4.90 Å². The molecule has 1 N–H and O–H groups in total. The van der Waals surface area contributed by atoms with Crippen LogP contribution in [0, 0.1) is 0 Å². The number of carbonyl (C=O) groups is 1. The van der Waals surface area contributed by atoms with Crippen LogP contribution in [0.3, 0.4) is 0 Å². The van der Waals surface area contributed by atoms with Crippen molar-refractivity contribution in [2.75, 3.05) is 52.6 Å². The van der Waals surface area contributed by atoms with E-state index in [1.54, 1.807) is 26.4 Å². The molecule has 1 saturated heterocycles. The molecule has 0 radical (unpaired) electrons. The highest BCUT2D eigenvalue weighted by atomic mass is 16.7. The van der Waals surface area contributed by atoms with Crippen molar-refractivity contribution in [3.05, 3.63) is 59.7 Å². The first-order valence-electron chi connectivity index (χ1n) is 10.1. The van der Waals surface area contributed by atoms with Gasteiger partial charge in [-0.05, 0) is 30.2 Å². The Labute approximate surface area is 177 Å². The number of methoxy groups -OCH3 is 2. The summed E-state index contributed by atoms with van der Waals surface area (Å²) in [5.74, 6) is -0.428. The minimum atomic E-state index is -0.971. The van der Waals surface area contributed by atoms with Gasteiger partial charge < -0.3 is 24.2 Å². The molecule has 1 heterocycles. The van der Waals surface area contributed by atoms with E-state index < -0.39 is 5.97 Å². The van der Waals surface area contributed by atoms with Crippen LogP contribution in [0.1, 0.15) is 28.4 Å². The molecule has 3 rings (SSSR count). The second-order valence-electron chi connectivity index (χ2n) is 7.47. The van der Waals surface area contributed by atoms with Crippen LogP contribution in [0.5, 0.6) is 5.75 Å². The van der Waals surface area contributed by atoms with E-state index in [1.807, 2.05) is 31.3 Å². The van der Waals surface area contributed by atoms with E-state index in [1.165, 1.54) is 5.56 Å². The van der Waals surface area contributed by atoms with Crippen LogP contribution >= 0.6 is 0 Å². The average molecular weight is 415 g/mol. The van der Waals surface area contributed by atoms with Crippen molar-refractivity contribution in [2.45, 2.75) is 18.6 Å². The Morgan fingerprint density at radius 2 is 2.00 bits per heavy atom. The number of rotatable bonds is 10. The molecule has 0 aliphatic carbocycles. The Hall–Kier alpha value is -2.61. The van der Waals surface area contributed by atoms with Gasteiger partial charge in [0.2, 0.25) is 0 Å². The zero-order chi connectivity index (χ0) is 21.5. The van der Waals surface area contributed by atoms with E-state index >= 15 is 0 Å². The van der Waals surface area contributed by atoms with Gasteiger partial charge in [-0.25, -0.2) is 4.79 Å². The number of anilines is 1. The number of carboxylic acid groups (broad SMARTS) is 1. The third-order valence-corrected chi connectivity index (χ3v) is 5.54. The highest BCUT2D eigenvalue weighted by molar-refractivity contribution is 5.89. The number of benzene rings is 2. The number of hydrogen-bond donors (Lipinski definition) is 1. The first-order valence-corrected chi connectivity index (χ1v) is 10.1. The molecule has 162 valence electrons. The highest BCUT2D eigenvalue weighted by Crippen LogP contribution is 2.35. The second-order valence-corrected chi connectivity index (χ2v) is 7.47. The molecule has 2 unspecified atom stereocenters. The zero-order valence-electron chi connectivity index (χ0n) is 17.8. The second kappa shape index (κ2) is 10.4. The summed E-state index contributed by atoms with van der Waals surface area (Å²) in [6.45, 7) is 2.95. The van der Waals surface area contributed by atoms with Gasteiger partial charge in [0.05, 0.1) is 30.5 Å². The number of hydrogen-bond acceptors (Lipinski definition) is 6. The van der Waals surface area contributed by atoms with Crippen LogP contribution in [0.25, 0.3) is 0 Å². The maximum atomic E-state index is 11.3. The van der Waals surface area contributed by atoms with Gasteiger partial charge in [-0.2, -0.15) is 0 Å². The lowest BCUT2D eigenvalue weighted by atomic mass is 10.0. The van der Waals surface area contributed by atoms with Crippen molar-refractivity contribution in [2.24, 2.45) is 0 Å². The molecule has 1 aliphatic heterocycles. The number of carboxylic acids is 1. The Morgan fingerprint density at radius 3 is 2.67 bits per heavy atom. The maximum absolute atomic E-state index is 11.3. The molecular formula is C23H30N2O5. The topological polar surface area (TPSA) is 71.5 Å². The summed E-state index contributed by atoms with van der Waals surface area (Å²) in [6.07, 6.45) is 1.15. The van der Waals surface area contributed by atoms with Gasteiger partial charge in [-0.15, -0.1) is 0 Å². The molecule has 0 saturated carbocycles. The predicted octanol–water partition coefficient (Wildman–Crippen LogP) is 3.27. The molecule has 0 spiro atoms. The normalized spacial score (nSPS) is 17.6. The lowest BCUT2D eigenvalue weighted by Gasteiger charge is -2.34. The smallest absolute Gasteiger partial charge is 0.335 e. The monoisotopic (exact) mass is 414 g/mol. The molecule has 1 aliphatic rings. The van der Waals surface area contributed by atoms with Crippen molar-refractivity contribution in [1.29, 1.82) is 0 Å². The molecule has 2 aromatic rings. The molecular weight excluding hydrogens is 384 g/mol. The Kier molecular flexibility index (Phi) is 7.68. The van der Waals surface area contributed by atoms with Crippen LogP contribution in [0.15, 0.2) is 48.5 Å². The molecule has 2 aromatic carbocycles. The van der Waals surface area contributed by atoms with E-state index in [-0.39, 0.29) is 17.7 Å². The standard InChI is InChI=1S/C23H30N2O5/c1-24(20-10-9-18(23(26)27)13-22(20)29-3)21(17-7-5-4-6-8-17)15-25-12-11-19(14-25)30-16-28-2/h4-10,13,19,21H,11-12,14-16H2,1-3H3,(H,26,27). The first-order chi connectivity index (χ1) is 14.5. The van der Waals surface area contributed by atoms with E-state index in [2.05, 4.69) is 21.9 Å². The third-order valence-electron chi connectivity index (χ3n) is 5.54. The molecule has 0 aromatic heterocycles. The van der Waals surface area contributed by atoms with Crippen molar-refractivity contribution in [3.63, 3.8) is 0 Å². The average Bonchev–Trinajstić information content (AvgIpc) is 3.23. The number of likely N-dealkylation sites (tertiary alicyclic amines) is 1. The minimum absolute atomic E-state index is 0.0666. The largest absolute Gasteiger partial charge is 0.495 e. The fraction of sp³-hybridized carbons (Fsp3) is 0.435. The molecule has 0 amide bonds. The number of nitrogens with zero attached hydrogens (tertiary/aromatic N) is 2. The van der Waals surface area contributed by atoms with Crippen molar-refractivity contribution in [1.82, 2.24) is 4.90 Å². The van der Waals surface area contributed by atoms with Crippen LogP contribution in [-0.2, 0) is 9.47 Å². The molecule has 7 nitrogen and oxygen atoms in total. The first kappa shape index (κ1) is 22.1. The number of ether oxygens (including phenoxy) is 3. The van der Waals surface area contributed by atoms with Crippen LogP contribution < -0.4 is 9.64 Å². The Bertz CT molecular complexity index is 830. The fourth-order valence-electron chi connectivity index (χ4n) is 3.90. The van der Waals surface area contributed by atoms with E-state index in [9.17, 15) is 9.90 Å². The summed E-state index contributed by atoms with van der Waals surface area (Å²) in [4.78, 5) is 15.9. The SMILES string of the molecule is COCOC1CCN(CC(c2ccccc2)N(C)c2ccc(C(=O)O)cc2OC)C1. The van der Waals surface area contributed by atoms with Crippen molar-refractivity contribution >= 4 is 11.7 Å². The van der Waals surface area contributed by atoms with Crippen LogP contribution in [-0.4, -0.2) is 69.8 Å². The third kappa shape index (κ3) is 5.30. The van der Waals surface area contributed by atoms with Gasteiger partial charge >= 0.3 is 5.97 Å². The summed E-state index contributed by atoms with van der Waals surface area (Å²) in [7, 11) is 5.22. The number of aromatic carboxylic acids is 1. The van der Waals surface area contributed by atoms with Crippen molar-refractivity contribution < 1.29 is 24.1 Å². The predicted molar refractivity (Wildman–Crippen MR) is 115 cm³/mol. The Balaban J connectivity index is 1.84. The lowest BCUT2D eigenvalue weighted by molar-refractivity contribution is -0.0671. The van der Waals surface area contributed by atoms with E-state index in [0.29, 0.717) is 12.5 Å². The zero-order valence-corrected chi connectivity index (χ0v) is 17.8. The van der Waals surface area contributed by atoms with Crippen LogP contribution in [0.2, 0.25) is 0 Å². The summed E-state index contributed by atoms with van der Waals surface area (Å²) < 4.78 is 16.3. The highest BCUT2D eigenvalue weighted by Gasteiger charge is 2.28. The van der Waals surface area contributed by atoms with Gasteiger partial charge in [0.15, 0.2) is 0 Å². The van der Waals surface area contributed by atoms with E-state index in [0.717, 1.165) is 31.7 Å². The van der Waals surface area contributed by atoms with Gasteiger partial charge in [0, 0.05) is 33.8 Å². The summed E-state index contributed by atoms with van der Waals surface area (Å²) in [6, 6.07) is 15.4. The van der Waals surface area contributed by atoms with E-state index in [4.69, 9.17) is 14.2 Å². The summed E-state index contributed by atoms with van der Waals surface area (Å²) >= 11 is 0. The molecule has 1 fully saturated rings. The summed E-state index contributed by atoms with van der Waals surface area (Å²) in [5, 5.41) is 9.30.